The SMILES string of the molecule is CCCNCC(=O)Nc1cccc(C(=O)N(C)Cc2ccccc2)c1. The van der Waals surface area contributed by atoms with Crippen molar-refractivity contribution in [3.05, 3.63) is 65.7 Å². The smallest absolute Gasteiger partial charge is 0.253 e. The third-order valence-corrected chi connectivity index (χ3v) is 3.71. The third kappa shape index (κ3) is 6.04. The summed E-state index contributed by atoms with van der Waals surface area (Å²) in [4.78, 5) is 26.1. The number of carbonyl (C=O) groups excluding carboxylic acids is 2. The van der Waals surface area contributed by atoms with Gasteiger partial charge < -0.3 is 15.5 Å². The molecule has 0 spiro atoms. The molecule has 0 aromatic heterocycles. The minimum absolute atomic E-state index is 0.0796. The molecule has 0 saturated carbocycles. The maximum absolute atomic E-state index is 12.6. The van der Waals surface area contributed by atoms with E-state index in [1.807, 2.05) is 37.3 Å². The number of hydrogen-bond donors (Lipinski definition) is 2. The summed E-state index contributed by atoms with van der Waals surface area (Å²) in [6.07, 6.45) is 0.977. The fourth-order valence-corrected chi connectivity index (χ4v) is 2.46. The first kappa shape index (κ1) is 18.7. The Labute approximate surface area is 149 Å². The fourth-order valence-electron chi connectivity index (χ4n) is 2.46. The molecule has 0 radical (unpaired) electrons. The fraction of sp³-hybridized carbons (Fsp3) is 0.300. The monoisotopic (exact) mass is 339 g/mol. The van der Waals surface area contributed by atoms with Crippen LogP contribution in [0.2, 0.25) is 0 Å². The average molecular weight is 339 g/mol. The second-order valence-electron chi connectivity index (χ2n) is 5.95. The lowest BCUT2D eigenvalue weighted by Crippen LogP contribution is -2.29. The Balaban J connectivity index is 1.97. The van der Waals surface area contributed by atoms with E-state index >= 15 is 0 Å². The summed E-state index contributed by atoms with van der Waals surface area (Å²) < 4.78 is 0. The molecule has 2 aromatic carbocycles. The predicted molar refractivity (Wildman–Crippen MR) is 100 cm³/mol. The van der Waals surface area contributed by atoms with Gasteiger partial charge in [-0.2, -0.15) is 0 Å². The van der Waals surface area contributed by atoms with E-state index in [0.717, 1.165) is 18.5 Å². The number of rotatable bonds is 8. The Morgan fingerprint density at radius 3 is 2.52 bits per heavy atom. The quantitative estimate of drug-likeness (QED) is 0.727. The Hall–Kier alpha value is -2.66. The van der Waals surface area contributed by atoms with Crippen LogP contribution in [-0.2, 0) is 11.3 Å². The van der Waals surface area contributed by atoms with Gasteiger partial charge in [-0.3, -0.25) is 9.59 Å². The lowest BCUT2D eigenvalue weighted by molar-refractivity contribution is -0.115. The van der Waals surface area contributed by atoms with Gasteiger partial charge in [-0.1, -0.05) is 43.3 Å². The summed E-state index contributed by atoms with van der Waals surface area (Å²) in [5.41, 5.74) is 2.25. The first-order valence-electron chi connectivity index (χ1n) is 8.50. The van der Waals surface area contributed by atoms with E-state index in [-0.39, 0.29) is 18.4 Å². The number of amides is 2. The van der Waals surface area contributed by atoms with Crippen molar-refractivity contribution in [3.63, 3.8) is 0 Å². The first-order valence-corrected chi connectivity index (χ1v) is 8.50. The predicted octanol–water partition coefficient (Wildman–Crippen LogP) is 2.90. The van der Waals surface area contributed by atoms with Crippen LogP contribution >= 0.6 is 0 Å². The van der Waals surface area contributed by atoms with Crippen LogP contribution in [0.3, 0.4) is 0 Å². The molecule has 0 unspecified atom stereocenters. The largest absolute Gasteiger partial charge is 0.337 e. The Kier molecular flexibility index (Phi) is 7.16. The summed E-state index contributed by atoms with van der Waals surface area (Å²) in [6.45, 7) is 3.65. The second kappa shape index (κ2) is 9.59. The molecule has 2 N–H and O–H groups in total. The van der Waals surface area contributed by atoms with Gasteiger partial charge in [-0.15, -0.1) is 0 Å². The van der Waals surface area contributed by atoms with Gasteiger partial charge in [-0.25, -0.2) is 0 Å². The van der Waals surface area contributed by atoms with E-state index in [1.165, 1.54) is 0 Å². The van der Waals surface area contributed by atoms with Crippen LogP contribution in [0, 0.1) is 0 Å². The van der Waals surface area contributed by atoms with Crippen molar-refractivity contribution < 1.29 is 9.59 Å². The maximum atomic E-state index is 12.6. The van der Waals surface area contributed by atoms with Gasteiger partial charge in [0.05, 0.1) is 6.54 Å². The van der Waals surface area contributed by atoms with Crippen LogP contribution in [-0.4, -0.2) is 36.9 Å². The molecule has 0 atom stereocenters. The number of nitrogens with one attached hydrogen (secondary N) is 2. The van der Waals surface area contributed by atoms with Crippen molar-refractivity contribution in [1.82, 2.24) is 10.2 Å². The van der Waals surface area contributed by atoms with Crippen LogP contribution in [0.4, 0.5) is 5.69 Å². The second-order valence-corrected chi connectivity index (χ2v) is 5.95. The third-order valence-electron chi connectivity index (χ3n) is 3.71. The highest BCUT2D eigenvalue weighted by molar-refractivity contribution is 5.97. The number of hydrogen-bond acceptors (Lipinski definition) is 3. The van der Waals surface area contributed by atoms with Crippen molar-refractivity contribution in [1.29, 1.82) is 0 Å². The lowest BCUT2D eigenvalue weighted by Gasteiger charge is -2.18. The molecule has 132 valence electrons. The molecule has 0 aliphatic rings. The molecular weight excluding hydrogens is 314 g/mol. The van der Waals surface area contributed by atoms with Gasteiger partial charge in [0.15, 0.2) is 0 Å². The van der Waals surface area contributed by atoms with Crippen LogP contribution in [0.15, 0.2) is 54.6 Å². The van der Waals surface area contributed by atoms with Crippen molar-refractivity contribution in [3.8, 4) is 0 Å². The van der Waals surface area contributed by atoms with Crippen molar-refractivity contribution in [2.45, 2.75) is 19.9 Å². The molecule has 0 aliphatic carbocycles. The normalized spacial score (nSPS) is 10.3. The molecule has 2 amide bonds. The Morgan fingerprint density at radius 1 is 1.04 bits per heavy atom. The summed E-state index contributed by atoms with van der Waals surface area (Å²) in [7, 11) is 1.77. The van der Waals surface area contributed by atoms with Crippen LogP contribution in [0.1, 0.15) is 29.3 Å². The zero-order valence-corrected chi connectivity index (χ0v) is 14.8. The van der Waals surface area contributed by atoms with Crippen LogP contribution in [0.25, 0.3) is 0 Å². The lowest BCUT2D eigenvalue weighted by atomic mass is 10.1. The number of nitrogens with zero attached hydrogens (tertiary/aromatic N) is 1. The van der Waals surface area contributed by atoms with E-state index in [9.17, 15) is 9.59 Å². The van der Waals surface area contributed by atoms with Crippen molar-refractivity contribution in [2.75, 3.05) is 25.5 Å². The molecule has 2 aromatic rings. The highest BCUT2D eigenvalue weighted by Gasteiger charge is 2.13. The Morgan fingerprint density at radius 2 is 1.80 bits per heavy atom. The molecule has 2 rings (SSSR count). The van der Waals surface area contributed by atoms with Gasteiger partial charge in [-0.05, 0) is 36.7 Å². The summed E-state index contributed by atoms with van der Waals surface area (Å²) in [6, 6.07) is 16.9. The molecule has 0 bridgehead atoms. The maximum Gasteiger partial charge on any atom is 0.253 e. The first-order chi connectivity index (χ1) is 12.1. The van der Waals surface area contributed by atoms with E-state index in [2.05, 4.69) is 10.6 Å². The van der Waals surface area contributed by atoms with E-state index < -0.39 is 0 Å². The molecule has 5 heteroatoms. The number of anilines is 1. The van der Waals surface area contributed by atoms with Gasteiger partial charge in [0.2, 0.25) is 5.91 Å². The van der Waals surface area contributed by atoms with Crippen molar-refractivity contribution >= 4 is 17.5 Å². The molecule has 5 nitrogen and oxygen atoms in total. The number of benzene rings is 2. The van der Waals surface area contributed by atoms with Gasteiger partial charge in [0.25, 0.3) is 5.91 Å². The zero-order valence-electron chi connectivity index (χ0n) is 14.8. The van der Waals surface area contributed by atoms with E-state index in [4.69, 9.17) is 0 Å². The minimum atomic E-state index is -0.115. The van der Waals surface area contributed by atoms with Gasteiger partial charge in [0, 0.05) is 24.8 Å². The van der Waals surface area contributed by atoms with E-state index in [0.29, 0.717) is 17.8 Å². The molecule has 0 fully saturated rings. The van der Waals surface area contributed by atoms with Crippen LogP contribution in [0.5, 0.6) is 0 Å². The summed E-state index contributed by atoms with van der Waals surface area (Å²) in [5.74, 6) is -0.195. The highest BCUT2D eigenvalue weighted by Crippen LogP contribution is 2.14. The summed E-state index contributed by atoms with van der Waals surface area (Å²) >= 11 is 0. The highest BCUT2D eigenvalue weighted by atomic mass is 16.2. The standard InChI is InChI=1S/C20H25N3O2/c1-3-12-21-14-19(24)22-18-11-7-10-17(13-18)20(25)23(2)15-16-8-5-4-6-9-16/h4-11,13,21H,3,12,14-15H2,1-2H3,(H,22,24). The van der Waals surface area contributed by atoms with Crippen molar-refractivity contribution in [2.24, 2.45) is 0 Å². The summed E-state index contributed by atoms with van der Waals surface area (Å²) in [5, 5.41) is 5.86. The molecule has 0 saturated heterocycles. The molecule has 0 heterocycles. The number of carbonyl (C=O) groups is 2. The zero-order chi connectivity index (χ0) is 18.1. The molecule has 0 aliphatic heterocycles. The topological polar surface area (TPSA) is 61.4 Å². The Bertz CT molecular complexity index is 701. The molecular formula is C20H25N3O2. The average Bonchev–Trinajstić information content (AvgIpc) is 2.62. The molecule has 25 heavy (non-hydrogen) atoms. The minimum Gasteiger partial charge on any atom is -0.337 e. The van der Waals surface area contributed by atoms with Gasteiger partial charge >= 0.3 is 0 Å². The van der Waals surface area contributed by atoms with Crippen LogP contribution < -0.4 is 10.6 Å². The van der Waals surface area contributed by atoms with Gasteiger partial charge in [0.1, 0.15) is 0 Å². The van der Waals surface area contributed by atoms with E-state index in [1.54, 1.807) is 36.2 Å².